The van der Waals surface area contributed by atoms with E-state index in [-0.39, 0.29) is 12.0 Å². The van der Waals surface area contributed by atoms with Gasteiger partial charge in [0, 0.05) is 5.92 Å². The van der Waals surface area contributed by atoms with E-state index in [9.17, 15) is 13.2 Å². The molecule has 1 atom stereocenters. The van der Waals surface area contributed by atoms with Crippen LogP contribution in [0.15, 0.2) is 29.3 Å². The first kappa shape index (κ1) is 16.5. The SMILES string of the molecule is CC.CC(C)C1=NC(c2ccc(C(F)(F)F)cc2)CO1. The van der Waals surface area contributed by atoms with Crippen molar-refractivity contribution in [2.75, 3.05) is 6.61 Å². The second kappa shape index (κ2) is 6.77. The molecule has 0 spiro atoms. The molecule has 1 aliphatic heterocycles. The van der Waals surface area contributed by atoms with Gasteiger partial charge in [0.1, 0.15) is 12.6 Å². The van der Waals surface area contributed by atoms with E-state index in [2.05, 4.69) is 4.99 Å². The Kier molecular flexibility index (Phi) is 5.60. The Balaban J connectivity index is 0.000000956. The van der Waals surface area contributed by atoms with E-state index in [1.54, 1.807) is 0 Å². The molecule has 1 aromatic carbocycles. The van der Waals surface area contributed by atoms with Gasteiger partial charge in [-0.3, -0.25) is 0 Å². The van der Waals surface area contributed by atoms with Crippen LogP contribution in [-0.2, 0) is 10.9 Å². The number of halogens is 3. The highest BCUT2D eigenvalue weighted by molar-refractivity contribution is 5.79. The summed E-state index contributed by atoms with van der Waals surface area (Å²) in [4.78, 5) is 4.36. The van der Waals surface area contributed by atoms with Gasteiger partial charge in [-0.1, -0.05) is 39.8 Å². The van der Waals surface area contributed by atoms with Crippen LogP contribution >= 0.6 is 0 Å². The third kappa shape index (κ3) is 3.99. The van der Waals surface area contributed by atoms with E-state index in [0.29, 0.717) is 12.5 Å². The van der Waals surface area contributed by atoms with Crippen molar-refractivity contribution in [3.05, 3.63) is 35.4 Å². The summed E-state index contributed by atoms with van der Waals surface area (Å²) in [5.41, 5.74) is 0.108. The van der Waals surface area contributed by atoms with Crippen molar-refractivity contribution in [3.63, 3.8) is 0 Å². The number of benzene rings is 1. The molecule has 0 radical (unpaired) electrons. The zero-order valence-corrected chi connectivity index (χ0v) is 12.2. The number of hydrogen-bond donors (Lipinski definition) is 0. The van der Waals surface area contributed by atoms with Gasteiger partial charge in [-0.25, -0.2) is 4.99 Å². The van der Waals surface area contributed by atoms with Crippen LogP contribution in [0, 0.1) is 5.92 Å². The van der Waals surface area contributed by atoms with E-state index >= 15 is 0 Å². The Morgan fingerprint density at radius 1 is 1.15 bits per heavy atom. The fourth-order valence-electron chi connectivity index (χ4n) is 1.77. The fourth-order valence-corrected chi connectivity index (χ4v) is 1.77. The van der Waals surface area contributed by atoms with Crippen molar-refractivity contribution < 1.29 is 17.9 Å². The summed E-state index contributed by atoms with van der Waals surface area (Å²) in [5, 5.41) is 0. The fraction of sp³-hybridized carbons (Fsp3) is 0.533. The third-order valence-corrected chi connectivity index (χ3v) is 2.79. The van der Waals surface area contributed by atoms with Gasteiger partial charge in [0.15, 0.2) is 5.90 Å². The largest absolute Gasteiger partial charge is 0.478 e. The summed E-state index contributed by atoms with van der Waals surface area (Å²) in [5.74, 6) is 0.865. The topological polar surface area (TPSA) is 21.6 Å². The molecule has 20 heavy (non-hydrogen) atoms. The van der Waals surface area contributed by atoms with E-state index in [0.717, 1.165) is 17.7 Å². The monoisotopic (exact) mass is 287 g/mol. The first-order valence-electron chi connectivity index (χ1n) is 6.75. The van der Waals surface area contributed by atoms with Gasteiger partial charge in [0.05, 0.1) is 5.56 Å². The van der Waals surface area contributed by atoms with Crippen molar-refractivity contribution in [3.8, 4) is 0 Å². The lowest BCUT2D eigenvalue weighted by Gasteiger charge is -2.09. The molecule has 5 heteroatoms. The van der Waals surface area contributed by atoms with E-state index < -0.39 is 11.7 Å². The van der Waals surface area contributed by atoms with Gasteiger partial charge in [-0.15, -0.1) is 0 Å². The van der Waals surface area contributed by atoms with Crippen molar-refractivity contribution in [1.29, 1.82) is 0 Å². The van der Waals surface area contributed by atoms with Crippen LogP contribution in [0.2, 0.25) is 0 Å². The smallest absolute Gasteiger partial charge is 0.416 e. The predicted octanol–water partition coefficient (Wildman–Crippen LogP) is 4.86. The Labute approximate surface area is 117 Å². The van der Waals surface area contributed by atoms with Crippen LogP contribution < -0.4 is 0 Å². The van der Waals surface area contributed by atoms with Gasteiger partial charge < -0.3 is 4.74 Å². The average molecular weight is 287 g/mol. The Morgan fingerprint density at radius 3 is 2.10 bits per heavy atom. The quantitative estimate of drug-likeness (QED) is 0.761. The molecular formula is C15H20F3NO. The summed E-state index contributed by atoms with van der Waals surface area (Å²) in [6.07, 6.45) is -4.29. The van der Waals surface area contributed by atoms with E-state index in [1.807, 2.05) is 27.7 Å². The number of ether oxygens (including phenoxy) is 1. The van der Waals surface area contributed by atoms with Gasteiger partial charge >= 0.3 is 6.18 Å². The molecule has 0 fully saturated rings. The Morgan fingerprint density at radius 2 is 1.70 bits per heavy atom. The molecule has 112 valence electrons. The minimum Gasteiger partial charge on any atom is -0.478 e. The highest BCUT2D eigenvalue weighted by Crippen LogP contribution is 2.31. The molecular weight excluding hydrogens is 267 g/mol. The lowest BCUT2D eigenvalue weighted by atomic mass is 10.1. The molecule has 1 aromatic rings. The third-order valence-electron chi connectivity index (χ3n) is 2.79. The minimum atomic E-state index is -4.29. The summed E-state index contributed by atoms with van der Waals surface area (Å²) in [6, 6.07) is 4.90. The maximum Gasteiger partial charge on any atom is 0.416 e. The second-order valence-corrected chi connectivity index (χ2v) is 4.57. The lowest BCUT2D eigenvalue weighted by molar-refractivity contribution is -0.137. The van der Waals surface area contributed by atoms with Crippen LogP contribution in [0.25, 0.3) is 0 Å². The number of hydrogen-bond acceptors (Lipinski definition) is 2. The van der Waals surface area contributed by atoms with Gasteiger partial charge in [-0.2, -0.15) is 13.2 Å². The molecule has 0 saturated carbocycles. The van der Waals surface area contributed by atoms with Crippen molar-refractivity contribution in [2.45, 2.75) is 39.9 Å². The molecule has 1 unspecified atom stereocenters. The van der Waals surface area contributed by atoms with E-state index in [1.165, 1.54) is 12.1 Å². The number of aliphatic imine (C=N–C) groups is 1. The molecule has 0 amide bonds. The summed E-state index contributed by atoms with van der Waals surface area (Å²) < 4.78 is 42.6. The van der Waals surface area contributed by atoms with Crippen molar-refractivity contribution in [2.24, 2.45) is 10.9 Å². The summed E-state index contributed by atoms with van der Waals surface area (Å²) in [7, 11) is 0. The van der Waals surface area contributed by atoms with Gasteiger partial charge in [0.2, 0.25) is 0 Å². The van der Waals surface area contributed by atoms with Crippen LogP contribution in [0.1, 0.15) is 44.9 Å². The maximum absolute atomic E-state index is 12.4. The minimum absolute atomic E-state index is 0.190. The molecule has 1 aliphatic rings. The van der Waals surface area contributed by atoms with Crippen LogP contribution in [0.3, 0.4) is 0 Å². The van der Waals surface area contributed by atoms with Gasteiger partial charge in [-0.05, 0) is 17.7 Å². The number of rotatable bonds is 2. The lowest BCUT2D eigenvalue weighted by Crippen LogP contribution is -2.06. The van der Waals surface area contributed by atoms with Crippen molar-refractivity contribution >= 4 is 5.90 Å². The molecule has 0 aliphatic carbocycles. The summed E-state index contributed by atoms with van der Waals surface area (Å²) >= 11 is 0. The summed E-state index contributed by atoms with van der Waals surface area (Å²) in [6.45, 7) is 8.33. The zero-order valence-electron chi connectivity index (χ0n) is 12.2. The molecule has 1 heterocycles. The average Bonchev–Trinajstić information content (AvgIpc) is 2.90. The Hall–Kier alpha value is -1.52. The van der Waals surface area contributed by atoms with Gasteiger partial charge in [0.25, 0.3) is 0 Å². The highest BCUT2D eigenvalue weighted by atomic mass is 19.4. The first-order valence-corrected chi connectivity index (χ1v) is 6.75. The van der Waals surface area contributed by atoms with E-state index in [4.69, 9.17) is 4.74 Å². The van der Waals surface area contributed by atoms with Crippen LogP contribution in [0.4, 0.5) is 13.2 Å². The molecule has 0 bridgehead atoms. The molecule has 0 aromatic heterocycles. The van der Waals surface area contributed by atoms with Crippen molar-refractivity contribution in [1.82, 2.24) is 0 Å². The number of alkyl halides is 3. The standard InChI is InChI=1S/C13H14F3NO.C2H6/c1-8(2)12-17-11(7-18-12)9-3-5-10(6-4-9)13(14,15)16;1-2/h3-6,8,11H,7H2,1-2H3;1-2H3. The normalized spacial score (nSPS) is 18.2. The predicted molar refractivity (Wildman–Crippen MR) is 73.8 cm³/mol. The Bertz CT molecular complexity index is 449. The molecule has 0 saturated heterocycles. The van der Waals surface area contributed by atoms with Crippen LogP contribution in [0.5, 0.6) is 0 Å². The second-order valence-electron chi connectivity index (χ2n) is 4.57. The zero-order chi connectivity index (χ0) is 15.3. The highest BCUT2D eigenvalue weighted by Gasteiger charge is 2.30. The molecule has 0 N–H and O–H groups in total. The van der Waals surface area contributed by atoms with Crippen LogP contribution in [-0.4, -0.2) is 12.5 Å². The maximum atomic E-state index is 12.4. The molecule has 2 rings (SSSR count). The number of nitrogens with zero attached hydrogens (tertiary/aromatic N) is 1. The molecule has 2 nitrogen and oxygen atoms in total. The first-order chi connectivity index (χ1) is 9.38.